The lowest BCUT2D eigenvalue weighted by Gasteiger charge is -2.24. The maximum Gasteiger partial charge on any atom is 0.249 e. The molecule has 1 aliphatic heterocycles. The summed E-state index contributed by atoms with van der Waals surface area (Å²) in [7, 11) is 0. The van der Waals surface area contributed by atoms with Gasteiger partial charge in [0.2, 0.25) is 5.91 Å². The Bertz CT molecular complexity index is 930. The fraction of sp³-hybridized carbons (Fsp3) is 0.188. The molecule has 1 atom stereocenters. The Kier molecular flexibility index (Phi) is 3.54. The van der Waals surface area contributed by atoms with Gasteiger partial charge in [-0.3, -0.25) is 9.59 Å². The molecular weight excluding hydrogens is 378 g/mol. The second kappa shape index (κ2) is 5.58. The fourth-order valence-electron chi connectivity index (χ4n) is 2.83. The fourth-order valence-corrected chi connectivity index (χ4v) is 4.26. The summed E-state index contributed by atoms with van der Waals surface area (Å²) < 4.78 is 3.75. The first-order valence-electron chi connectivity index (χ1n) is 7.19. The molecule has 3 aromatic rings. The van der Waals surface area contributed by atoms with Crippen LogP contribution in [0.5, 0.6) is 0 Å². The summed E-state index contributed by atoms with van der Waals surface area (Å²) in [5.74, 6) is -0.0445. The zero-order valence-corrected chi connectivity index (χ0v) is 14.4. The minimum atomic E-state index is -0.364. The molecule has 116 valence electrons. The molecule has 0 aliphatic carbocycles. The highest BCUT2D eigenvalue weighted by molar-refractivity contribution is 9.10. The van der Waals surface area contributed by atoms with Crippen molar-refractivity contribution in [2.75, 3.05) is 5.32 Å². The van der Waals surface area contributed by atoms with Gasteiger partial charge in [-0.2, -0.15) is 0 Å². The second-order valence-electron chi connectivity index (χ2n) is 5.40. The molecular formula is C16H12BrN3O2S. The second-order valence-corrected chi connectivity index (χ2v) is 7.34. The first-order valence-corrected chi connectivity index (χ1v) is 8.80. The van der Waals surface area contributed by atoms with Gasteiger partial charge < -0.3 is 9.88 Å². The Morgan fingerprint density at radius 1 is 1.39 bits per heavy atom. The molecule has 1 aromatic carbocycles. The predicted octanol–water partition coefficient (Wildman–Crippen LogP) is 4.02. The zero-order chi connectivity index (χ0) is 16.0. The molecule has 5 nitrogen and oxygen atoms in total. The maximum absolute atomic E-state index is 12.6. The van der Waals surface area contributed by atoms with Crippen LogP contribution in [0.2, 0.25) is 0 Å². The van der Waals surface area contributed by atoms with Gasteiger partial charge in [-0.25, -0.2) is 4.98 Å². The van der Waals surface area contributed by atoms with Crippen molar-refractivity contribution >= 4 is 54.3 Å². The number of Topliss-reactive ketones (excluding diaryl/α,β-unsaturated/α-hetero) is 1. The summed E-state index contributed by atoms with van der Waals surface area (Å²) in [6.45, 7) is 0. The van der Waals surface area contributed by atoms with Crippen molar-refractivity contribution in [3.8, 4) is 0 Å². The molecule has 0 saturated heterocycles. The van der Waals surface area contributed by atoms with Crippen molar-refractivity contribution in [1.82, 2.24) is 9.55 Å². The number of hydrogen-bond acceptors (Lipinski definition) is 4. The molecule has 0 radical (unpaired) electrons. The van der Waals surface area contributed by atoms with Crippen LogP contribution < -0.4 is 5.32 Å². The smallest absolute Gasteiger partial charge is 0.249 e. The van der Waals surface area contributed by atoms with Crippen LogP contribution in [0.1, 0.15) is 29.4 Å². The molecule has 0 saturated carbocycles. The van der Waals surface area contributed by atoms with Gasteiger partial charge in [0.05, 0.1) is 15.9 Å². The average Bonchev–Trinajstić information content (AvgIpc) is 3.13. The summed E-state index contributed by atoms with van der Waals surface area (Å²) in [5.41, 5.74) is 1.46. The number of nitrogens with zero attached hydrogens (tertiary/aromatic N) is 2. The van der Waals surface area contributed by atoms with E-state index in [4.69, 9.17) is 0 Å². The largest absolute Gasteiger partial charge is 0.333 e. The number of ketones is 1. The summed E-state index contributed by atoms with van der Waals surface area (Å²) in [4.78, 5) is 28.9. The summed E-state index contributed by atoms with van der Waals surface area (Å²) in [6, 6.07) is 9.01. The third kappa shape index (κ3) is 2.60. The molecule has 1 aliphatic rings. The standard InChI is InChI=1S/C16H12BrN3O2S/c17-9-3-4-10-14(8-9)23-16(18-10)19-15(22)12-5-6-13(21)11-2-1-7-20(11)12/h1-4,7-8,12H,5-6H2,(H,18,19,22). The molecule has 1 amide bonds. The SMILES string of the molecule is O=C1CCC(C(=O)Nc2nc3ccc(Br)cc3s2)n2cccc21. The van der Waals surface area contributed by atoms with Crippen LogP contribution in [-0.2, 0) is 4.79 Å². The van der Waals surface area contributed by atoms with Crippen LogP contribution in [-0.4, -0.2) is 21.2 Å². The van der Waals surface area contributed by atoms with E-state index in [0.29, 0.717) is 23.7 Å². The Labute approximate surface area is 144 Å². The Balaban J connectivity index is 1.60. The Morgan fingerprint density at radius 2 is 2.26 bits per heavy atom. The Morgan fingerprint density at radius 3 is 3.13 bits per heavy atom. The first kappa shape index (κ1) is 14.6. The summed E-state index contributed by atoms with van der Waals surface area (Å²) in [6.07, 6.45) is 2.70. The number of hydrogen-bond donors (Lipinski definition) is 1. The highest BCUT2D eigenvalue weighted by Gasteiger charge is 2.29. The quantitative estimate of drug-likeness (QED) is 0.719. The first-order chi connectivity index (χ1) is 11.1. The van der Waals surface area contributed by atoms with E-state index in [2.05, 4.69) is 26.2 Å². The predicted molar refractivity (Wildman–Crippen MR) is 93.0 cm³/mol. The Hall–Kier alpha value is -1.99. The van der Waals surface area contributed by atoms with Gasteiger partial charge >= 0.3 is 0 Å². The molecule has 1 N–H and O–H groups in total. The van der Waals surface area contributed by atoms with Crippen LogP contribution in [0.15, 0.2) is 41.0 Å². The van der Waals surface area contributed by atoms with Gasteiger partial charge in [-0.05, 0) is 36.8 Å². The van der Waals surface area contributed by atoms with Crippen molar-refractivity contribution < 1.29 is 9.59 Å². The summed E-state index contributed by atoms with van der Waals surface area (Å²) >= 11 is 4.87. The van der Waals surface area contributed by atoms with Crippen molar-refractivity contribution in [2.45, 2.75) is 18.9 Å². The maximum atomic E-state index is 12.6. The van der Waals surface area contributed by atoms with Gasteiger partial charge in [-0.1, -0.05) is 27.3 Å². The van der Waals surface area contributed by atoms with Crippen molar-refractivity contribution in [1.29, 1.82) is 0 Å². The minimum Gasteiger partial charge on any atom is -0.333 e. The van der Waals surface area contributed by atoms with E-state index in [-0.39, 0.29) is 17.7 Å². The molecule has 1 unspecified atom stereocenters. The van der Waals surface area contributed by atoms with Crippen LogP contribution in [0.25, 0.3) is 10.2 Å². The molecule has 4 rings (SSSR count). The van der Waals surface area contributed by atoms with E-state index in [1.807, 2.05) is 18.2 Å². The number of benzene rings is 1. The van der Waals surface area contributed by atoms with Gasteiger partial charge in [0, 0.05) is 17.1 Å². The van der Waals surface area contributed by atoms with Crippen LogP contribution in [0.4, 0.5) is 5.13 Å². The number of amides is 1. The van der Waals surface area contributed by atoms with Gasteiger partial charge in [-0.15, -0.1) is 0 Å². The van der Waals surface area contributed by atoms with Crippen molar-refractivity contribution in [2.24, 2.45) is 0 Å². The molecule has 7 heteroatoms. The highest BCUT2D eigenvalue weighted by Crippen LogP contribution is 2.30. The number of fused-ring (bicyclic) bond motifs is 2. The number of rotatable bonds is 2. The molecule has 0 fully saturated rings. The van der Waals surface area contributed by atoms with Crippen LogP contribution in [0.3, 0.4) is 0 Å². The zero-order valence-electron chi connectivity index (χ0n) is 12.0. The number of anilines is 1. The lowest BCUT2D eigenvalue weighted by atomic mass is 10.0. The number of carbonyl (C=O) groups is 2. The minimum absolute atomic E-state index is 0.0869. The van der Waals surface area contributed by atoms with Crippen molar-refractivity contribution in [3.05, 3.63) is 46.7 Å². The summed E-state index contributed by atoms with van der Waals surface area (Å²) in [5, 5.41) is 3.46. The third-order valence-electron chi connectivity index (χ3n) is 3.93. The van der Waals surface area contributed by atoms with Crippen LogP contribution >= 0.6 is 27.3 Å². The molecule has 2 aromatic heterocycles. The lowest BCUT2D eigenvalue weighted by Crippen LogP contribution is -2.31. The molecule has 0 spiro atoms. The molecule has 23 heavy (non-hydrogen) atoms. The number of aromatic nitrogens is 2. The monoisotopic (exact) mass is 389 g/mol. The molecule has 3 heterocycles. The van der Waals surface area contributed by atoms with E-state index in [9.17, 15) is 9.59 Å². The van der Waals surface area contributed by atoms with E-state index in [1.165, 1.54) is 11.3 Å². The van der Waals surface area contributed by atoms with E-state index in [0.717, 1.165) is 14.7 Å². The van der Waals surface area contributed by atoms with E-state index >= 15 is 0 Å². The number of halogens is 1. The average molecular weight is 390 g/mol. The highest BCUT2D eigenvalue weighted by atomic mass is 79.9. The van der Waals surface area contributed by atoms with Gasteiger partial charge in [0.1, 0.15) is 6.04 Å². The lowest BCUT2D eigenvalue weighted by molar-refractivity contribution is -0.119. The van der Waals surface area contributed by atoms with Crippen molar-refractivity contribution in [3.63, 3.8) is 0 Å². The van der Waals surface area contributed by atoms with Crippen LogP contribution in [0, 0.1) is 0 Å². The topological polar surface area (TPSA) is 64.0 Å². The van der Waals surface area contributed by atoms with E-state index < -0.39 is 0 Å². The number of thiazole rings is 1. The third-order valence-corrected chi connectivity index (χ3v) is 5.36. The number of nitrogens with one attached hydrogen (secondary N) is 1. The van der Waals surface area contributed by atoms with Gasteiger partial charge in [0.25, 0.3) is 0 Å². The molecule has 0 bridgehead atoms. The normalized spacial score (nSPS) is 17.3. The van der Waals surface area contributed by atoms with E-state index in [1.54, 1.807) is 22.9 Å². The number of carbonyl (C=O) groups excluding carboxylic acids is 2. The van der Waals surface area contributed by atoms with Gasteiger partial charge in [0.15, 0.2) is 10.9 Å².